The SMILES string of the molecule is C=CC(C)(C)C=NC.CC.CC. The number of rotatable bonds is 2. The molecule has 0 aromatic carbocycles. The Bertz CT molecular complexity index is 102. The number of allylic oxidation sites excluding steroid dienone is 1. The minimum absolute atomic E-state index is 0.0642. The lowest BCUT2D eigenvalue weighted by molar-refractivity contribution is 0.695. The van der Waals surface area contributed by atoms with E-state index in [-0.39, 0.29) is 5.41 Å². The zero-order valence-electron chi connectivity index (χ0n) is 9.81. The molecule has 1 nitrogen and oxygen atoms in total. The first-order valence-corrected chi connectivity index (χ1v) is 4.69. The lowest BCUT2D eigenvalue weighted by Crippen LogP contribution is -2.07. The van der Waals surface area contributed by atoms with Crippen molar-refractivity contribution in [3.63, 3.8) is 0 Å². The van der Waals surface area contributed by atoms with E-state index in [2.05, 4.69) is 25.4 Å². The van der Waals surface area contributed by atoms with Crippen LogP contribution >= 0.6 is 0 Å². The molecule has 12 heavy (non-hydrogen) atoms. The van der Waals surface area contributed by atoms with E-state index in [1.807, 2.05) is 40.0 Å². The zero-order chi connectivity index (χ0) is 10.6. The van der Waals surface area contributed by atoms with Gasteiger partial charge < -0.3 is 0 Å². The minimum atomic E-state index is 0.0642. The van der Waals surface area contributed by atoms with Crippen molar-refractivity contribution in [2.75, 3.05) is 7.05 Å². The Morgan fingerprint density at radius 2 is 1.42 bits per heavy atom. The van der Waals surface area contributed by atoms with Gasteiger partial charge >= 0.3 is 0 Å². The van der Waals surface area contributed by atoms with Crippen LogP contribution in [0.4, 0.5) is 0 Å². The maximum absolute atomic E-state index is 3.88. The summed E-state index contributed by atoms with van der Waals surface area (Å²) in [6.07, 6.45) is 3.75. The number of nitrogens with zero attached hydrogens (tertiary/aromatic N) is 1. The van der Waals surface area contributed by atoms with Crippen LogP contribution in [0.1, 0.15) is 41.5 Å². The Balaban J connectivity index is -0.000000175. The minimum Gasteiger partial charge on any atom is -0.300 e. The summed E-state index contributed by atoms with van der Waals surface area (Å²) in [5.74, 6) is 0. The van der Waals surface area contributed by atoms with Crippen LogP contribution in [0.3, 0.4) is 0 Å². The Kier molecular flexibility index (Phi) is 19.0. The fourth-order valence-corrected chi connectivity index (χ4v) is 0.385. The Morgan fingerprint density at radius 3 is 1.50 bits per heavy atom. The zero-order valence-corrected chi connectivity index (χ0v) is 9.81. The van der Waals surface area contributed by atoms with E-state index in [9.17, 15) is 0 Å². The van der Waals surface area contributed by atoms with Gasteiger partial charge in [0.25, 0.3) is 0 Å². The van der Waals surface area contributed by atoms with Gasteiger partial charge in [0, 0.05) is 18.7 Å². The number of aliphatic imine (C=N–C) groups is 1. The predicted molar refractivity (Wildman–Crippen MR) is 61.1 cm³/mol. The molecular weight excluding hydrogens is 146 g/mol. The monoisotopic (exact) mass is 171 g/mol. The van der Waals surface area contributed by atoms with Crippen LogP contribution in [0, 0.1) is 5.41 Å². The molecule has 0 aromatic heterocycles. The summed E-state index contributed by atoms with van der Waals surface area (Å²) in [5.41, 5.74) is 0.0642. The first kappa shape index (κ1) is 17.5. The van der Waals surface area contributed by atoms with Gasteiger partial charge in [-0.3, -0.25) is 4.99 Å². The van der Waals surface area contributed by atoms with Gasteiger partial charge in [-0.25, -0.2) is 0 Å². The van der Waals surface area contributed by atoms with Gasteiger partial charge in [-0.05, 0) is 0 Å². The van der Waals surface area contributed by atoms with E-state index in [0.29, 0.717) is 0 Å². The second kappa shape index (κ2) is 13.0. The molecular formula is C11H25N. The summed E-state index contributed by atoms with van der Waals surface area (Å²) in [5, 5.41) is 0. The van der Waals surface area contributed by atoms with E-state index in [1.54, 1.807) is 7.05 Å². The summed E-state index contributed by atoms with van der Waals surface area (Å²) in [4.78, 5) is 3.88. The normalized spacial score (nSPS) is 9.25. The van der Waals surface area contributed by atoms with Crippen molar-refractivity contribution in [1.29, 1.82) is 0 Å². The molecule has 0 N–H and O–H groups in total. The van der Waals surface area contributed by atoms with Gasteiger partial charge in [-0.2, -0.15) is 0 Å². The maximum atomic E-state index is 3.88. The molecule has 0 saturated carbocycles. The summed E-state index contributed by atoms with van der Waals surface area (Å²) in [6, 6.07) is 0. The van der Waals surface area contributed by atoms with Gasteiger partial charge in [0.1, 0.15) is 0 Å². The van der Waals surface area contributed by atoms with Gasteiger partial charge in [0.2, 0.25) is 0 Å². The second-order valence-electron chi connectivity index (χ2n) is 2.41. The smallest absolute Gasteiger partial charge is 0.0273 e. The van der Waals surface area contributed by atoms with Crippen LogP contribution < -0.4 is 0 Å². The molecule has 0 spiro atoms. The predicted octanol–water partition coefficient (Wildman–Crippen LogP) is 3.95. The van der Waals surface area contributed by atoms with E-state index in [1.165, 1.54) is 0 Å². The van der Waals surface area contributed by atoms with Gasteiger partial charge in [-0.1, -0.05) is 47.6 Å². The fourth-order valence-electron chi connectivity index (χ4n) is 0.385. The molecule has 0 unspecified atom stereocenters. The molecule has 0 atom stereocenters. The van der Waals surface area contributed by atoms with E-state index in [0.717, 1.165) is 0 Å². The van der Waals surface area contributed by atoms with Crippen molar-refractivity contribution in [3.05, 3.63) is 12.7 Å². The molecule has 0 aliphatic heterocycles. The first-order valence-electron chi connectivity index (χ1n) is 4.69. The standard InChI is InChI=1S/C7H13N.2C2H6/c1-5-7(2,3)6-8-4;2*1-2/h5-6H,1H2,2-4H3;2*1-2H3. The summed E-state index contributed by atoms with van der Waals surface area (Å²) >= 11 is 0. The fraction of sp³-hybridized carbons (Fsp3) is 0.727. The lowest BCUT2D eigenvalue weighted by Gasteiger charge is -2.10. The van der Waals surface area contributed by atoms with Gasteiger partial charge in [-0.15, -0.1) is 6.58 Å². The Morgan fingerprint density at radius 1 is 1.08 bits per heavy atom. The Labute approximate surface area is 78.6 Å². The number of hydrogen-bond donors (Lipinski definition) is 0. The van der Waals surface area contributed by atoms with E-state index >= 15 is 0 Å². The molecule has 74 valence electrons. The molecule has 0 rings (SSSR count). The van der Waals surface area contributed by atoms with Gasteiger partial charge in [0.15, 0.2) is 0 Å². The molecule has 0 heterocycles. The molecule has 0 aliphatic rings. The Hall–Kier alpha value is -0.590. The molecule has 0 amide bonds. The van der Waals surface area contributed by atoms with Crippen molar-refractivity contribution < 1.29 is 0 Å². The molecule has 0 radical (unpaired) electrons. The van der Waals surface area contributed by atoms with Gasteiger partial charge in [0.05, 0.1) is 0 Å². The lowest BCUT2D eigenvalue weighted by atomic mass is 9.96. The summed E-state index contributed by atoms with van der Waals surface area (Å²) in [7, 11) is 1.77. The van der Waals surface area contributed by atoms with Crippen molar-refractivity contribution in [2.24, 2.45) is 10.4 Å². The average Bonchev–Trinajstić information content (AvgIpc) is 2.12. The van der Waals surface area contributed by atoms with Crippen molar-refractivity contribution in [3.8, 4) is 0 Å². The van der Waals surface area contributed by atoms with Crippen molar-refractivity contribution in [2.45, 2.75) is 41.5 Å². The van der Waals surface area contributed by atoms with Crippen LogP contribution in [-0.2, 0) is 0 Å². The molecule has 0 aliphatic carbocycles. The van der Waals surface area contributed by atoms with Crippen LogP contribution in [0.25, 0.3) is 0 Å². The molecule has 0 fully saturated rings. The third-order valence-corrected chi connectivity index (χ3v) is 0.988. The van der Waals surface area contributed by atoms with E-state index < -0.39 is 0 Å². The summed E-state index contributed by atoms with van der Waals surface area (Å²) in [6.45, 7) is 15.8. The third-order valence-electron chi connectivity index (χ3n) is 0.988. The highest BCUT2D eigenvalue weighted by Gasteiger charge is 2.06. The van der Waals surface area contributed by atoms with Crippen molar-refractivity contribution >= 4 is 6.21 Å². The molecule has 1 heteroatoms. The number of hydrogen-bond acceptors (Lipinski definition) is 1. The highest BCUT2D eigenvalue weighted by Crippen LogP contribution is 2.11. The van der Waals surface area contributed by atoms with Crippen LogP contribution in [0.2, 0.25) is 0 Å². The average molecular weight is 171 g/mol. The van der Waals surface area contributed by atoms with Crippen LogP contribution in [0.15, 0.2) is 17.6 Å². The quantitative estimate of drug-likeness (QED) is 0.440. The molecule has 0 aromatic rings. The van der Waals surface area contributed by atoms with E-state index in [4.69, 9.17) is 0 Å². The topological polar surface area (TPSA) is 12.4 Å². The third kappa shape index (κ3) is 16.2. The van der Waals surface area contributed by atoms with Crippen LogP contribution in [0.5, 0.6) is 0 Å². The largest absolute Gasteiger partial charge is 0.300 e. The molecule has 0 bridgehead atoms. The highest BCUT2D eigenvalue weighted by molar-refractivity contribution is 5.66. The van der Waals surface area contributed by atoms with Crippen molar-refractivity contribution in [1.82, 2.24) is 0 Å². The maximum Gasteiger partial charge on any atom is 0.0273 e. The van der Waals surface area contributed by atoms with Crippen LogP contribution in [-0.4, -0.2) is 13.3 Å². The molecule has 0 saturated heterocycles. The summed E-state index contributed by atoms with van der Waals surface area (Å²) < 4.78 is 0. The highest BCUT2D eigenvalue weighted by atomic mass is 14.6. The second-order valence-corrected chi connectivity index (χ2v) is 2.41. The first-order chi connectivity index (χ1) is 5.62.